The highest BCUT2D eigenvalue weighted by Gasteiger charge is 2.30. The molecule has 1 aliphatic carbocycles. The number of amides is 1. The van der Waals surface area contributed by atoms with Gasteiger partial charge in [0.1, 0.15) is 17.9 Å². The maximum absolute atomic E-state index is 15.1. The van der Waals surface area contributed by atoms with Crippen LogP contribution in [0.2, 0.25) is 0 Å². The number of nitrogens with zero attached hydrogens (tertiary/aromatic N) is 1. The van der Waals surface area contributed by atoms with Crippen molar-refractivity contribution in [2.75, 3.05) is 19.0 Å². The summed E-state index contributed by atoms with van der Waals surface area (Å²) in [5, 5.41) is 2.94. The van der Waals surface area contributed by atoms with Crippen LogP contribution in [-0.4, -0.2) is 42.7 Å². The number of hydrogen-bond donors (Lipinski definition) is 2. The Hall–Kier alpha value is -4.91. The van der Waals surface area contributed by atoms with E-state index >= 15 is 4.39 Å². The fraction of sp³-hybridized carbons (Fsp3) is 0.303. The van der Waals surface area contributed by atoms with E-state index in [4.69, 9.17) is 24.7 Å². The van der Waals surface area contributed by atoms with Crippen LogP contribution in [0.5, 0.6) is 23.0 Å². The van der Waals surface area contributed by atoms with Gasteiger partial charge in [-0.2, -0.15) is 13.2 Å². The third kappa shape index (κ3) is 7.83. The normalized spacial score (nSPS) is 14.1. The average Bonchev–Trinajstić information content (AvgIpc) is 3.54. The fourth-order valence-corrected chi connectivity index (χ4v) is 4.95. The highest BCUT2D eigenvalue weighted by Crippen LogP contribution is 2.38. The Labute approximate surface area is 261 Å². The highest BCUT2D eigenvalue weighted by molar-refractivity contribution is 6.04. The Morgan fingerprint density at radius 3 is 2.39 bits per heavy atom. The van der Waals surface area contributed by atoms with E-state index in [1.54, 1.807) is 12.1 Å². The third-order valence-electron chi connectivity index (χ3n) is 7.45. The molecule has 0 spiro atoms. The number of carbonyl (C=O) groups is 2. The number of methoxy groups -OCH3 is 1. The smallest absolute Gasteiger partial charge is 0.416 e. The van der Waals surface area contributed by atoms with E-state index in [1.165, 1.54) is 31.5 Å². The van der Waals surface area contributed by atoms with Crippen molar-refractivity contribution >= 4 is 28.5 Å². The monoisotopic (exact) mass is 641 g/mol. The van der Waals surface area contributed by atoms with Crippen molar-refractivity contribution in [3.8, 4) is 23.0 Å². The summed E-state index contributed by atoms with van der Waals surface area (Å²) in [4.78, 5) is 29.1. The van der Waals surface area contributed by atoms with Crippen LogP contribution in [0.1, 0.15) is 48.0 Å². The van der Waals surface area contributed by atoms with Gasteiger partial charge in [-0.3, -0.25) is 14.6 Å². The van der Waals surface area contributed by atoms with Crippen LogP contribution >= 0.6 is 0 Å². The number of halogens is 4. The zero-order chi connectivity index (χ0) is 32.8. The van der Waals surface area contributed by atoms with Crippen molar-refractivity contribution in [2.45, 2.75) is 50.4 Å². The van der Waals surface area contributed by atoms with Crippen molar-refractivity contribution in [1.82, 2.24) is 4.98 Å². The second kappa shape index (κ2) is 14.0. The summed E-state index contributed by atoms with van der Waals surface area (Å²) in [7, 11) is 1.45. The standard InChI is InChI=1S/C33H31F4N3O6/c1-43-29-17-23-26(18-30(29)44-15-13-25(38)32(42)45-22-4-2-3-5-22)39-14-12-27(23)46-28-11-10-21(16-24(28)34)40-31(41)19-6-8-20(9-7-19)33(35,36)37/h6-12,14,16-18,22,25H,2-5,13,15,38H2,1H3,(H,40,41)/t25-/m0/s1. The molecule has 3 N–H and O–H groups in total. The average molecular weight is 642 g/mol. The fourth-order valence-electron chi connectivity index (χ4n) is 4.95. The van der Waals surface area contributed by atoms with E-state index in [1.807, 2.05) is 0 Å². The van der Waals surface area contributed by atoms with Gasteiger partial charge in [0, 0.05) is 41.4 Å². The van der Waals surface area contributed by atoms with E-state index in [0.29, 0.717) is 22.4 Å². The quantitative estimate of drug-likeness (QED) is 0.132. The van der Waals surface area contributed by atoms with Crippen LogP contribution in [0.3, 0.4) is 0 Å². The molecule has 46 heavy (non-hydrogen) atoms. The van der Waals surface area contributed by atoms with Gasteiger partial charge in [-0.15, -0.1) is 0 Å². The first-order chi connectivity index (χ1) is 22.0. The van der Waals surface area contributed by atoms with Crippen molar-refractivity contribution in [1.29, 1.82) is 0 Å². The van der Waals surface area contributed by atoms with Gasteiger partial charge < -0.3 is 30.0 Å². The Morgan fingerprint density at radius 1 is 0.978 bits per heavy atom. The number of benzene rings is 3. The molecule has 1 saturated carbocycles. The van der Waals surface area contributed by atoms with Gasteiger partial charge in [-0.1, -0.05) is 0 Å². The number of rotatable bonds is 11. The summed E-state index contributed by atoms with van der Waals surface area (Å²) >= 11 is 0. The predicted octanol–water partition coefficient (Wildman–Crippen LogP) is 7.03. The molecule has 3 aromatic carbocycles. The van der Waals surface area contributed by atoms with E-state index in [9.17, 15) is 22.8 Å². The summed E-state index contributed by atoms with van der Waals surface area (Å²) in [5.41, 5.74) is 5.62. The Balaban J connectivity index is 1.24. The molecule has 1 aromatic heterocycles. The van der Waals surface area contributed by atoms with Crippen molar-refractivity contribution in [2.24, 2.45) is 5.73 Å². The number of anilines is 1. The molecule has 1 fully saturated rings. The number of pyridine rings is 1. The number of carbonyl (C=O) groups excluding carboxylic acids is 2. The number of nitrogens with two attached hydrogens (primary N) is 1. The maximum Gasteiger partial charge on any atom is 0.416 e. The van der Waals surface area contributed by atoms with Crippen LogP contribution in [0.25, 0.3) is 10.9 Å². The second-order valence-electron chi connectivity index (χ2n) is 10.7. The van der Waals surface area contributed by atoms with E-state index in [0.717, 1.165) is 56.0 Å². The van der Waals surface area contributed by atoms with Crippen LogP contribution in [-0.2, 0) is 15.7 Å². The zero-order valence-corrected chi connectivity index (χ0v) is 24.7. The summed E-state index contributed by atoms with van der Waals surface area (Å²) in [6.07, 6.45) is 0.877. The summed E-state index contributed by atoms with van der Waals surface area (Å²) < 4.78 is 76.1. The van der Waals surface area contributed by atoms with Gasteiger partial charge in [0.2, 0.25) is 0 Å². The highest BCUT2D eigenvalue weighted by atomic mass is 19.4. The van der Waals surface area contributed by atoms with Crippen LogP contribution in [0.4, 0.5) is 23.2 Å². The molecule has 0 radical (unpaired) electrons. The lowest BCUT2D eigenvalue weighted by molar-refractivity contribution is -0.150. The number of hydrogen-bond acceptors (Lipinski definition) is 8. The summed E-state index contributed by atoms with van der Waals surface area (Å²) in [5.74, 6) is -1.16. The van der Waals surface area contributed by atoms with Crippen LogP contribution in [0.15, 0.2) is 66.9 Å². The lowest BCUT2D eigenvalue weighted by atomic mass is 10.1. The Kier molecular flexibility index (Phi) is 9.90. The first kappa shape index (κ1) is 32.5. The number of fused-ring (bicyclic) bond motifs is 1. The topological polar surface area (TPSA) is 122 Å². The van der Waals surface area contributed by atoms with Gasteiger partial charge in [0.05, 0.1) is 24.8 Å². The molecule has 0 saturated heterocycles. The van der Waals surface area contributed by atoms with Crippen LogP contribution < -0.4 is 25.3 Å². The summed E-state index contributed by atoms with van der Waals surface area (Å²) in [6, 6.07) is 11.3. The SMILES string of the molecule is COc1cc2c(Oc3ccc(NC(=O)c4ccc(C(F)(F)F)cc4)cc3F)ccnc2cc1OCC[C@H](N)C(=O)OC1CCCC1. The number of esters is 1. The van der Waals surface area contributed by atoms with Crippen LogP contribution in [0, 0.1) is 5.82 Å². The minimum atomic E-state index is -4.53. The third-order valence-corrected chi connectivity index (χ3v) is 7.45. The van der Waals surface area contributed by atoms with Gasteiger partial charge in [-0.05, 0) is 74.2 Å². The van der Waals surface area contributed by atoms with Crippen molar-refractivity contribution in [3.05, 3.63) is 83.8 Å². The molecule has 0 unspecified atom stereocenters. The first-order valence-corrected chi connectivity index (χ1v) is 14.5. The molecule has 0 bridgehead atoms. The molecule has 4 aromatic rings. The van der Waals surface area contributed by atoms with Gasteiger partial charge in [0.25, 0.3) is 5.91 Å². The molecular formula is C33H31F4N3O6. The first-order valence-electron chi connectivity index (χ1n) is 14.5. The Bertz CT molecular complexity index is 1710. The molecule has 9 nitrogen and oxygen atoms in total. The predicted molar refractivity (Wildman–Crippen MR) is 161 cm³/mol. The molecule has 1 amide bonds. The van der Waals surface area contributed by atoms with E-state index in [-0.39, 0.29) is 41.9 Å². The minimum Gasteiger partial charge on any atom is -0.493 e. The Morgan fingerprint density at radius 2 is 1.72 bits per heavy atom. The van der Waals surface area contributed by atoms with Crippen molar-refractivity contribution < 1.29 is 46.1 Å². The van der Waals surface area contributed by atoms with E-state index in [2.05, 4.69) is 10.3 Å². The molecule has 1 aliphatic rings. The molecule has 1 atom stereocenters. The minimum absolute atomic E-state index is 0.0287. The molecule has 0 aliphatic heterocycles. The largest absolute Gasteiger partial charge is 0.493 e. The number of nitrogens with one attached hydrogen (secondary N) is 1. The van der Waals surface area contributed by atoms with E-state index < -0.39 is 35.5 Å². The molecule has 5 rings (SSSR count). The zero-order valence-electron chi connectivity index (χ0n) is 24.7. The maximum atomic E-state index is 15.1. The lowest BCUT2D eigenvalue weighted by Gasteiger charge is -2.17. The lowest BCUT2D eigenvalue weighted by Crippen LogP contribution is -2.35. The number of alkyl halides is 3. The van der Waals surface area contributed by atoms with Gasteiger partial charge in [-0.25, -0.2) is 4.39 Å². The molecular weight excluding hydrogens is 610 g/mol. The molecule has 242 valence electrons. The second-order valence-corrected chi connectivity index (χ2v) is 10.7. The van der Waals surface area contributed by atoms with Crippen molar-refractivity contribution in [3.63, 3.8) is 0 Å². The molecule has 1 heterocycles. The van der Waals surface area contributed by atoms with Gasteiger partial charge >= 0.3 is 12.1 Å². The molecule has 13 heteroatoms. The number of ether oxygens (including phenoxy) is 4. The summed E-state index contributed by atoms with van der Waals surface area (Å²) in [6.45, 7) is 0.117. The number of aromatic nitrogens is 1. The van der Waals surface area contributed by atoms with Gasteiger partial charge in [0.15, 0.2) is 23.1 Å².